The van der Waals surface area contributed by atoms with E-state index in [9.17, 15) is 19.2 Å². The van der Waals surface area contributed by atoms with Crippen LogP contribution in [-0.2, 0) is 4.79 Å². The molecule has 1 amide bonds. The predicted molar refractivity (Wildman–Crippen MR) is 133 cm³/mol. The van der Waals surface area contributed by atoms with Gasteiger partial charge in [-0.25, -0.2) is 4.39 Å². The number of hydrogen-bond donors (Lipinski definition) is 1. The summed E-state index contributed by atoms with van der Waals surface area (Å²) in [7, 11) is 0. The Labute approximate surface area is 207 Å². The van der Waals surface area contributed by atoms with Crippen LogP contribution in [0.2, 0.25) is 0 Å². The summed E-state index contributed by atoms with van der Waals surface area (Å²) >= 11 is 0. The Morgan fingerprint density at radius 2 is 1.80 bits per heavy atom. The molecular formula is C27H37FN4O3. The first-order valence-corrected chi connectivity index (χ1v) is 13.0. The highest BCUT2D eigenvalue weighted by Crippen LogP contribution is 2.29. The number of halogens is 1. The van der Waals surface area contributed by atoms with E-state index >= 15 is 0 Å². The number of oxime groups is 1. The smallest absolute Gasteiger partial charge is 0.246 e. The molecule has 8 heteroatoms. The number of Topliss-reactive ketones (excluding diaryl/α,β-unsaturated/α-hetero) is 1. The van der Waals surface area contributed by atoms with E-state index in [1.54, 1.807) is 12.1 Å². The van der Waals surface area contributed by atoms with Crippen molar-refractivity contribution in [2.75, 3.05) is 39.3 Å². The van der Waals surface area contributed by atoms with Crippen LogP contribution >= 0.6 is 0 Å². The van der Waals surface area contributed by atoms with Gasteiger partial charge in [-0.3, -0.25) is 9.59 Å². The van der Waals surface area contributed by atoms with Gasteiger partial charge in [0.1, 0.15) is 11.9 Å². The van der Waals surface area contributed by atoms with E-state index in [1.807, 2.05) is 17.2 Å². The largest absolute Gasteiger partial charge is 0.411 e. The molecule has 2 fully saturated rings. The predicted octanol–water partition coefficient (Wildman–Crippen LogP) is 3.79. The second-order valence-electron chi connectivity index (χ2n) is 9.91. The molecule has 2 unspecified atom stereocenters. The number of piperidine rings is 1. The van der Waals surface area contributed by atoms with Gasteiger partial charge in [0.05, 0.1) is 5.71 Å². The van der Waals surface area contributed by atoms with Gasteiger partial charge in [-0.2, -0.15) is 0 Å². The quantitative estimate of drug-likeness (QED) is 0.250. The Kier molecular flexibility index (Phi) is 8.55. The minimum absolute atomic E-state index is 0.0121. The van der Waals surface area contributed by atoms with E-state index in [0.717, 1.165) is 64.8 Å². The molecule has 3 heterocycles. The second kappa shape index (κ2) is 11.8. The average molecular weight is 485 g/mol. The van der Waals surface area contributed by atoms with Crippen molar-refractivity contribution in [3.8, 4) is 0 Å². The number of likely N-dealkylation sites (tertiary alicyclic amines) is 2. The highest BCUT2D eigenvalue weighted by atomic mass is 19.1. The van der Waals surface area contributed by atoms with E-state index in [-0.39, 0.29) is 35.4 Å². The molecule has 1 aromatic rings. The minimum atomic E-state index is -0.319. The highest BCUT2D eigenvalue weighted by molar-refractivity contribution is 5.98. The van der Waals surface area contributed by atoms with Gasteiger partial charge in [-0.05, 0) is 82.2 Å². The lowest BCUT2D eigenvalue weighted by Crippen LogP contribution is -2.47. The molecule has 0 saturated carbocycles. The van der Waals surface area contributed by atoms with Crippen LogP contribution in [0.25, 0.3) is 0 Å². The zero-order valence-electron chi connectivity index (χ0n) is 20.6. The Balaban J connectivity index is 1.22. The minimum Gasteiger partial charge on any atom is -0.411 e. The molecule has 2 atom stereocenters. The number of ketones is 1. The maximum absolute atomic E-state index is 13.2. The SMILES string of the molecule is CCCN1CC/C(=N/O)C2C=CN(CCCCN3CCC(C(=O)c4ccc(F)cc4)CC3)C2C1=O. The summed E-state index contributed by atoms with van der Waals surface area (Å²) < 4.78 is 13.1. The number of benzene rings is 1. The van der Waals surface area contributed by atoms with Crippen molar-refractivity contribution in [2.45, 2.75) is 51.5 Å². The number of hydrogen-bond acceptors (Lipinski definition) is 6. The number of carbonyl (C=O) groups excluding carboxylic acids is 2. The summed E-state index contributed by atoms with van der Waals surface area (Å²) in [5.41, 5.74) is 1.29. The summed E-state index contributed by atoms with van der Waals surface area (Å²) in [6.07, 6.45) is 9.19. The molecule has 3 aliphatic heterocycles. The normalized spacial score (nSPS) is 24.7. The molecule has 0 spiro atoms. The standard InChI is InChI=1S/C27H37FN4O3/c1-2-13-32-19-12-24(29-35)23-11-18-31(25(23)27(32)34)15-4-3-14-30-16-9-21(10-17-30)26(33)20-5-7-22(28)8-6-20/h5-8,11,18,21,23,25,35H,2-4,9-10,12-17,19H2,1H3/b29-24-. The van der Waals surface area contributed by atoms with Gasteiger partial charge in [0.25, 0.3) is 0 Å². The van der Waals surface area contributed by atoms with Crippen LogP contribution < -0.4 is 0 Å². The fourth-order valence-corrected chi connectivity index (χ4v) is 5.63. The van der Waals surface area contributed by atoms with Crippen LogP contribution in [0.15, 0.2) is 41.7 Å². The van der Waals surface area contributed by atoms with Gasteiger partial charge in [0.15, 0.2) is 5.78 Å². The van der Waals surface area contributed by atoms with Gasteiger partial charge in [-0.1, -0.05) is 18.2 Å². The maximum atomic E-state index is 13.2. The van der Waals surface area contributed by atoms with Crippen molar-refractivity contribution in [3.05, 3.63) is 47.9 Å². The number of rotatable bonds is 9. The molecular weight excluding hydrogens is 447 g/mol. The summed E-state index contributed by atoms with van der Waals surface area (Å²) in [5, 5.41) is 13.0. The Morgan fingerprint density at radius 1 is 1.09 bits per heavy atom. The first kappa shape index (κ1) is 25.4. The Bertz CT molecular complexity index is 940. The van der Waals surface area contributed by atoms with Crippen LogP contribution in [-0.4, -0.2) is 82.6 Å². The average Bonchev–Trinajstić information content (AvgIpc) is 3.24. The van der Waals surface area contributed by atoms with Crippen molar-refractivity contribution in [1.29, 1.82) is 0 Å². The molecule has 0 radical (unpaired) electrons. The summed E-state index contributed by atoms with van der Waals surface area (Å²) in [6.45, 7) is 6.97. The van der Waals surface area contributed by atoms with Crippen LogP contribution in [0.1, 0.15) is 55.8 Å². The van der Waals surface area contributed by atoms with E-state index in [4.69, 9.17) is 0 Å². The second-order valence-corrected chi connectivity index (χ2v) is 9.91. The van der Waals surface area contributed by atoms with Gasteiger partial charge < -0.3 is 19.9 Å². The van der Waals surface area contributed by atoms with Crippen LogP contribution in [0.3, 0.4) is 0 Å². The molecule has 0 aliphatic carbocycles. The fourth-order valence-electron chi connectivity index (χ4n) is 5.63. The summed E-state index contributed by atoms with van der Waals surface area (Å²) in [4.78, 5) is 32.4. The zero-order valence-corrected chi connectivity index (χ0v) is 20.6. The summed E-state index contributed by atoms with van der Waals surface area (Å²) in [5.74, 6) is -0.200. The first-order chi connectivity index (χ1) is 17.0. The Morgan fingerprint density at radius 3 is 2.49 bits per heavy atom. The van der Waals surface area contributed by atoms with Gasteiger partial charge >= 0.3 is 0 Å². The number of carbonyl (C=O) groups is 2. The summed E-state index contributed by atoms with van der Waals surface area (Å²) in [6, 6.07) is 5.56. The molecule has 190 valence electrons. The zero-order chi connectivity index (χ0) is 24.8. The van der Waals surface area contributed by atoms with Crippen molar-refractivity contribution >= 4 is 17.4 Å². The van der Waals surface area contributed by atoms with Crippen molar-refractivity contribution < 1.29 is 19.2 Å². The van der Waals surface area contributed by atoms with Crippen LogP contribution in [0, 0.1) is 17.7 Å². The Hall–Kier alpha value is -2.74. The molecule has 7 nitrogen and oxygen atoms in total. The first-order valence-electron chi connectivity index (χ1n) is 13.0. The number of unbranched alkanes of at least 4 members (excludes halogenated alkanes) is 1. The monoisotopic (exact) mass is 484 g/mol. The van der Waals surface area contributed by atoms with Gasteiger partial charge in [0.2, 0.25) is 5.91 Å². The van der Waals surface area contributed by atoms with E-state index in [0.29, 0.717) is 24.2 Å². The molecule has 1 N–H and O–H groups in total. The number of nitrogens with zero attached hydrogens (tertiary/aromatic N) is 4. The highest BCUT2D eigenvalue weighted by Gasteiger charge is 2.42. The molecule has 0 aromatic heterocycles. The van der Waals surface area contributed by atoms with Crippen LogP contribution in [0.4, 0.5) is 4.39 Å². The maximum Gasteiger partial charge on any atom is 0.246 e. The van der Waals surface area contributed by atoms with Gasteiger partial charge in [0, 0.05) is 43.5 Å². The lowest BCUT2D eigenvalue weighted by Gasteiger charge is -2.32. The third kappa shape index (κ3) is 5.92. The van der Waals surface area contributed by atoms with Gasteiger partial charge in [-0.15, -0.1) is 0 Å². The molecule has 2 saturated heterocycles. The number of fused-ring (bicyclic) bond motifs is 1. The van der Waals surface area contributed by atoms with Crippen molar-refractivity contribution in [2.24, 2.45) is 17.0 Å². The molecule has 1 aromatic carbocycles. The molecule has 35 heavy (non-hydrogen) atoms. The van der Waals surface area contributed by atoms with Crippen LogP contribution in [0.5, 0.6) is 0 Å². The molecule has 0 bridgehead atoms. The van der Waals surface area contributed by atoms with E-state index < -0.39 is 0 Å². The molecule has 3 aliphatic rings. The third-order valence-electron chi connectivity index (χ3n) is 7.62. The lowest BCUT2D eigenvalue weighted by molar-refractivity contribution is -0.135. The molecule has 4 rings (SSSR count). The third-order valence-corrected chi connectivity index (χ3v) is 7.62. The lowest BCUT2D eigenvalue weighted by atomic mass is 9.89. The van der Waals surface area contributed by atoms with Crippen molar-refractivity contribution in [3.63, 3.8) is 0 Å². The number of amides is 1. The topological polar surface area (TPSA) is 76.5 Å². The van der Waals surface area contributed by atoms with E-state index in [1.165, 1.54) is 12.1 Å². The fraction of sp³-hybridized carbons (Fsp3) is 0.593. The van der Waals surface area contributed by atoms with E-state index in [2.05, 4.69) is 21.9 Å². The van der Waals surface area contributed by atoms with Crippen molar-refractivity contribution in [1.82, 2.24) is 14.7 Å².